The molecule has 0 aliphatic heterocycles. The molecule has 0 spiro atoms. The Hall–Kier alpha value is -2.33. The van der Waals surface area contributed by atoms with Gasteiger partial charge >= 0.3 is 0 Å². The molecule has 108 valence electrons. The van der Waals surface area contributed by atoms with Crippen molar-refractivity contribution >= 4 is 29.5 Å². The second-order valence-corrected chi connectivity index (χ2v) is 4.89. The number of para-hydroxylation sites is 1. The lowest BCUT2D eigenvalue weighted by molar-refractivity contribution is -0.118. The number of amides is 1. The predicted octanol–water partition coefficient (Wildman–Crippen LogP) is 3.48. The van der Waals surface area contributed by atoms with Crippen LogP contribution in [-0.4, -0.2) is 18.8 Å². The van der Waals surface area contributed by atoms with E-state index in [1.807, 2.05) is 6.92 Å². The van der Waals surface area contributed by atoms with Gasteiger partial charge in [-0.2, -0.15) is 0 Å². The molecule has 0 radical (unpaired) electrons. The number of carbonyl (C=O) groups is 2. The van der Waals surface area contributed by atoms with Crippen LogP contribution in [0.15, 0.2) is 42.5 Å². The van der Waals surface area contributed by atoms with Crippen LogP contribution in [0.3, 0.4) is 0 Å². The van der Waals surface area contributed by atoms with Crippen molar-refractivity contribution in [3.05, 3.63) is 58.6 Å². The van der Waals surface area contributed by atoms with Crippen molar-refractivity contribution < 1.29 is 14.3 Å². The minimum Gasteiger partial charge on any atom is -0.483 e. The third-order valence-electron chi connectivity index (χ3n) is 2.87. The zero-order chi connectivity index (χ0) is 15.2. The van der Waals surface area contributed by atoms with E-state index in [1.165, 1.54) is 0 Å². The molecule has 0 aliphatic rings. The maximum Gasteiger partial charge on any atom is 0.262 e. The largest absolute Gasteiger partial charge is 0.483 e. The molecular weight excluding hydrogens is 290 g/mol. The monoisotopic (exact) mass is 303 g/mol. The molecular formula is C16H14ClNO3. The molecule has 0 atom stereocenters. The summed E-state index contributed by atoms with van der Waals surface area (Å²) >= 11 is 5.86. The fourth-order valence-electron chi connectivity index (χ4n) is 1.81. The van der Waals surface area contributed by atoms with Crippen LogP contribution in [0.2, 0.25) is 5.02 Å². The Labute approximate surface area is 127 Å². The topological polar surface area (TPSA) is 55.4 Å². The number of anilines is 1. The lowest BCUT2D eigenvalue weighted by Crippen LogP contribution is -2.21. The standard InChI is InChI=1S/C16H14ClNO3/c1-11-8-13(17)6-7-14(11)18-16(20)10-21-15-5-3-2-4-12(15)9-19/h2-9H,10H2,1H3,(H,18,20). The number of benzene rings is 2. The number of hydrogen-bond acceptors (Lipinski definition) is 3. The third kappa shape index (κ3) is 4.07. The van der Waals surface area contributed by atoms with E-state index in [4.69, 9.17) is 16.3 Å². The van der Waals surface area contributed by atoms with E-state index in [2.05, 4.69) is 5.32 Å². The highest BCUT2D eigenvalue weighted by Gasteiger charge is 2.08. The molecule has 1 N–H and O–H groups in total. The summed E-state index contributed by atoms with van der Waals surface area (Å²) in [6, 6.07) is 11.9. The average molecular weight is 304 g/mol. The molecule has 2 aromatic rings. The molecule has 1 amide bonds. The van der Waals surface area contributed by atoms with Gasteiger partial charge in [-0.1, -0.05) is 23.7 Å². The van der Waals surface area contributed by atoms with Crippen molar-refractivity contribution in [1.82, 2.24) is 0 Å². The molecule has 0 bridgehead atoms. The van der Waals surface area contributed by atoms with Crippen molar-refractivity contribution in [3.63, 3.8) is 0 Å². The molecule has 0 fully saturated rings. The lowest BCUT2D eigenvalue weighted by atomic mass is 10.2. The first-order valence-corrected chi connectivity index (χ1v) is 6.71. The fraction of sp³-hybridized carbons (Fsp3) is 0.125. The number of aryl methyl sites for hydroxylation is 1. The van der Waals surface area contributed by atoms with E-state index in [9.17, 15) is 9.59 Å². The van der Waals surface area contributed by atoms with Crippen LogP contribution in [0.4, 0.5) is 5.69 Å². The third-order valence-corrected chi connectivity index (χ3v) is 3.10. The fourth-order valence-corrected chi connectivity index (χ4v) is 2.03. The summed E-state index contributed by atoms with van der Waals surface area (Å²) in [5, 5.41) is 3.35. The van der Waals surface area contributed by atoms with Gasteiger partial charge in [0, 0.05) is 10.7 Å². The molecule has 0 saturated heterocycles. The number of nitrogens with one attached hydrogen (secondary N) is 1. The Morgan fingerprint density at radius 2 is 2.05 bits per heavy atom. The van der Waals surface area contributed by atoms with E-state index in [-0.39, 0.29) is 12.5 Å². The molecule has 0 aromatic heterocycles. The van der Waals surface area contributed by atoms with E-state index in [0.717, 1.165) is 5.56 Å². The Kier molecular flexibility index (Phi) is 4.95. The Bertz CT molecular complexity index is 670. The van der Waals surface area contributed by atoms with Gasteiger partial charge in [-0.15, -0.1) is 0 Å². The summed E-state index contributed by atoms with van der Waals surface area (Å²) < 4.78 is 5.36. The van der Waals surface area contributed by atoms with Crippen LogP contribution in [0.5, 0.6) is 5.75 Å². The minimum atomic E-state index is -0.305. The second-order valence-electron chi connectivity index (χ2n) is 4.45. The SMILES string of the molecule is Cc1cc(Cl)ccc1NC(=O)COc1ccccc1C=O. The first kappa shape index (κ1) is 15.1. The van der Waals surface area contributed by atoms with Crippen molar-refractivity contribution in [2.45, 2.75) is 6.92 Å². The Balaban J connectivity index is 1.97. The maximum atomic E-state index is 11.9. The normalized spacial score (nSPS) is 10.0. The molecule has 0 aliphatic carbocycles. The molecule has 5 heteroatoms. The number of carbonyl (C=O) groups excluding carboxylic acids is 2. The van der Waals surface area contributed by atoms with Crippen LogP contribution < -0.4 is 10.1 Å². The van der Waals surface area contributed by atoms with E-state index in [0.29, 0.717) is 28.3 Å². The number of halogens is 1. The van der Waals surface area contributed by atoms with Gasteiger partial charge in [-0.25, -0.2) is 0 Å². The van der Waals surface area contributed by atoms with Gasteiger partial charge < -0.3 is 10.1 Å². The number of aldehydes is 1. The summed E-state index contributed by atoms with van der Waals surface area (Å²) in [4.78, 5) is 22.7. The lowest BCUT2D eigenvalue weighted by Gasteiger charge is -2.10. The zero-order valence-electron chi connectivity index (χ0n) is 11.4. The molecule has 4 nitrogen and oxygen atoms in total. The van der Waals surface area contributed by atoms with Crippen molar-refractivity contribution in [1.29, 1.82) is 0 Å². The van der Waals surface area contributed by atoms with Gasteiger partial charge in [0.25, 0.3) is 5.91 Å². The summed E-state index contributed by atoms with van der Waals surface area (Å²) in [5.74, 6) is 0.0802. The molecule has 0 unspecified atom stereocenters. The van der Waals surface area contributed by atoms with Crippen LogP contribution in [0.25, 0.3) is 0 Å². The van der Waals surface area contributed by atoms with Gasteiger partial charge in [0.15, 0.2) is 12.9 Å². The van der Waals surface area contributed by atoms with Crippen LogP contribution in [-0.2, 0) is 4.79 Å². The first-order valence-electron chi connectivity index (χ1n) is 6.33. The highest BCUT2D eigenvalue weighted by molar-refractivity contribution is 6.30. The van der Waals surface area contributed by atoms with Crippen LogP contribution in [0.1, 0.15) is 15.9 Å². The molecule has 0 saturated carbocycles. The first-order chi connectivity index (χ1) is 10.1. The van der Waals surface area contributed by atoms with Gasteiger partial charge in [0.05, 0.1) is 5.56 Å². The predicted molar refractivity (Wildman–Crippen MR) is 82.1 cm³/mol. The van der Waals surface area contributed by atoms with Gasteiger partial charge in [0.1, 0.15) is 5.75 Å². The molecule has 21 heavy (non-hydrogen) atoms. The molecule has 2 aromatic carbocycles. The average Bonchev–Trinajstić information content (AvgIpc) is 2.48. The summed E-state index contributed by atoms with van der Waals surface area (Å²) in [6.07, 6.45) is 0.691. The number of ether oxygens (including phenoxy) is 1. The quantitative estimate of drug-likeness (QED) is 0.860. The molecule has 2 rings (SSSR count). The van der Waals surface area contributed by atoms with Gasteiger partial charge in [-0.3, -0.25) is 9.59 Å². The Morgan fingerprint density at radius 1 is 1.29 bits per heavy atom. The highest BCUT2D eigenvalue weighted by Crippen LogP contribution is 2.20. The van der Waals surface area contributed by atoms with Gasteiger partial charge in [-0.05, 0) is 42.8 Å². The van der Waals surface area contributed by atoms with Crippen molar-refractivity contribution in [3.8, 4) is 5.75 Å². The number of rotatable bonds is 5. The van der Waals surface area contributed by atoms with Gasteiger partial charge in [0.2, 0.25) is 0 Å². The summed E-state index contributed by atoms with van der Waals surface area (Å²) in [6.45, 7) is 1.68. The van der Waals surface area contributed by atoms with Crippen molar-refractivity contribution in [2.24, 2.45) is 0 Å². The molecule has 0 heterocycles. The van der Waals surface area contributed by atoms with E-state index in [1.54, 1.807) is 42.5 Å². The van der Waals surface area contributed by atoms with E-state index < -0.39 is 0 Å². The summed E-state index contributed by atoms with van der Waals surface area (Å²) in [7, 11) is 0. The highest BCUT2D eigenvalue weighted by atomic mass is 35.5. The van der Waals surface area contributed by atoms with E-state index >= 15 is 0 Å². The minimum absolute atomic E-state index is 0.174. The number of hydrogen-bond donors (Lipinski definition) is 1. The van der Waals surface area contributed by atoms with Crippen LogP contribution in [0, 0.1) is 6.92 Å². The maximum absolute atomic E-state index is 11.9. The van der Waals surface area contributed by atoms with Crippen LogP contribution >= 0.6 is 11.6 Å². The zero-order valence-corrected chi connectivity index (χ0v) is 12.2. The smallest absolute Gasteiger partial charge is 0.262 e. The summed E-state index contributed by atoms with van der Waals surface area (Å²) in [5.41, 5.74) is 1.95. The van der Waals surface area contributed by atoms with Crippen molar-refractivity contribution in [2.75, 3.05) is 11.9 Å². The second kappa shape index (κ2) is 6.90. The Morgan fingerprint density at radius 3 is 2.76 bits per heavy atom.